The molecule has 0 spiro atoms. The second kappa shape index (κ2) is 5.74. The molecule has 0 atom stereocenters. The van der Waals surface area contributed by atoms with Gasteiger partial charge in [0.05, 0.1) is 15.9 Å². The summed E-state index contributed by atoms with van der Waals surface area (Å²) < 4.78 is 4.80. The van der Waals surface area contributed by atoms with Crippen molar-refractivity contribution in [3.8, 4) is 0 Å². The monoisotopic (exact) mass is 319 g/mol. The number of amides is 1. The van der Waals surface area contributed by atoms with Crippen LogP contribution in [0.4, 0.5) is 10.8 Å². The van der Waals surface area contributed by atoms with Crippen LogP contribution >= 0.6 is 22.9 Å². The zero-order chi connectivity index (χ0) is 14.8. The molecule has 1 amide bonds. The van der Waals surface area contributed by atoms with Crippen LogP contribution in [0.5, 0.6) is 0 Å². The first kappa shape index (κ1) is 13.9. The number of nitrogens with two attached hydrogens (primary N) is 1. The summed E-state index contributed by atoms with van der Waals surface area (Å²) in [6, 6.07) is 5.48. The Morgan fingerprint density at radius 2 is 2.29 bits per heavy atom. The van der Waals surface area contributed by atoms with E-state index < -0.39 is 0 Å². The summed E-state index contributed by atoms with van der Waals surface area (Å²) in [6.07, 6.45) is 1.67. The summed E-state index contributed by atoms with van der Waals surface area (Å²) >= 11 is 2.51. The van der Waals surface area contributed by atoms with Crippen molar-refractivity contribution in [2.45, 2.75) is 19.8 Å². The third-order valence-electron chi connectivity index (χ3n) is 2.88. The van der Waals surface area contributed by atoms with E-state index in [9.17, 15) is 4.79 Å². The van der Waals surface area contributed by atoms with Gasteiger partial charge in [-0.1, -0.05) is 29.2 Å². The van der Waals surface area contributed by atoms with Crippen LogP contribution in [0.15, 0.2) is 18.2 Å². The lowest BCUT2D eigenvalue weighted by Gasteiger charge is -1.99. The Balaban J connectivity index is 1.84. The summed E-state index contributed by atoms with van der Waals surface area (Å²) in [6.45, 7) is 2.04. The molecule has 0 bridgehead atoms. The highest BCUT2D eigenvalue weighted by Gasteiger charge is 2.17. The van der Waals surface area contributed by atoms with E-state index in [0.29, 0.717) is 15.7 Å². The highest BCUT2D eigenvalue weighted by atomic mass is 32.1. The van der Waals surface area contributed by atoms with E-state index in [2.05, 4.69) is 19.9 Å². The quantitative estimate of drug-likeness (QED) is 0.721. The van der Waals surface area contributed by atoms with Gasteiger partial charge in [-0.25, -0.2) is 4.98 Å². The molecule has 2 heterocycles. The number of hydrogen-bond acceptors (Lipinski definition) is 7. The number of fused-ring (bicyclic) bond motifs is 1. The molecule has 3 N–H and O–H groups in total. The van der Waals surface area contributed by atoms with Gasteiger partial charge in [0.25, 0.3) is 5.91 Å². The zero-order valence-electron chi connectivity index (χ0n) is 11.3. The summed E-state index contributed by atoms with van der Waals surface area (Å²) in [7, 11) is 0. The van der Waals surface area contributed by atoms with Crippen molar-refractivity contribution in [1.29, 1.82) is 0 Å². The molecule has 3 rings (SSSR count). The van der Waals surface area contributed by atoms with Gasteiger partial charge in [0.1, 0.15) is 4.88 Å². The number of nitrogens with one attached hydrogen (secondary N) is 1. The Kier molecular flexibility index (Phi) is 3.80. The number of hydrogen-bond donors (Lipinski definition) is 2. The number of nitrogens with zero attached hydrogens (tertiary/aromatic N) is 3. The topological polar surface area (TPSA) is 93.8 Å². The first-order valence-corrected chi connectivity index (χ1v) is 8.05. The van der Waals surface area contributed by atoms with Crippen LogP contribution in [-0.2, 0) is 6.42 Å². The molecule has 0 saturated heterocycles. The fourth-order valence-corrected chi connectivity index (χ4v) is 3.44. The predicted molar refractivity (Wildman–Crippen MR) is 85.9 cm³/mol. The predicted octanol–water partition coefficient (Wildman–Crippen LogP) is 2.93. The molecular formula is C13H13N5OS2. The molecule has 0 aliphatic carbocycles. The van der Waals surface area contributed by atoms with Crippen molar-refractivity contribution < 1.29 is 4.79 Å². The Hall–Kier alpha value is -2.06. The molecule has 0 radical (unpaired) electrons. The van der Waals surface area contributed by atoms with Gasteiger partial charge in [-0.2, -0.15) is 0 Å². The molecule has 108 valence electrons. The Morgan fingerprint density at radius 3 is 3.10 bits per heavy atom. The molecule has 0 aliphatic rings. The van der Waals surface area contributed by atoms with Crippen molar-refractivity contribution in [2.24, 2.45) is 0 Å². The highest BCUT2D eigenvalue weighted by molar-refractivity contribution is 7.22. The molecular weight excluding hydrogens is 306 g/mol. The summed E-state index contributed by atoms with van der Waals surface area (Å²) in [5.74, 6) is -0.208. The van der Waals surface area contributed by atoms with E-state index in [1.165, 1.54) is 11.3 Å². The number of carbonyl (C=O) groups excluding carboxylic acids is 1. The largest absolute Gasteiger partial charge is 0.399 e. The second-order valence-electron chi connectivity index (χ2n) is 4.50. The van der Waals surface area contributed by atoms with Crippen molar-refractivity contribution in [3.63, 3.8) is 0 Å². The smallest absolute Gasteiger partial charge is 0.271 e. The molecule has 1 aromatic carbocycles. The first-order chi connectivity index (χ1) is 10.2. The fourth-order valence-electron chi connectivity index (χ4n) is 1.93. The molecule has 21 heavy (non-hydrogen) atoms. The summed E-state index contributed by atoms with van der Waals surface area (Å²) in [5.41, 5.74) is 7.98. The number of aromatic nitrogens is 3. The number of anilines is 2. The standard InChI is InChI=1S/C13H13N5OS2/c1-2-3-9-11(21-18-17-9)12(19)16-13-15-8-5-4-7(14)6-10(8)20-13/h4-6H,2-3,14H2,1H3,(H,15,16,19). The van der Waals surface area contributed by atoms with Crippen LogP contribution in [0.2, 0.25) is 0 Å². The van der Waals surface area contributed by atoms with Crippen molar-refractivity contribution in [2.75, 3.05) is 11.1 Å². The minimum absolute atomic E-state index is 0.208. The van der Waals surface area contributed by atoms with Gasteiger partial charge < -0.3 is 5.73 Å². The average molecular weight is 319 g/mol. The number of carbonyl (C=O) groups is 1. The van der Waals surface area contributed by atoms with Gasteiger partial charge in [0.15, 0.2) is 5.13 Å². The summed E-state index contributed by atoms with van der Waals surface area (Å²) in [5, 5.41) is 7.36. The lowest BCUT2D eigenvalue weighted by molar-refractivity contribution is 0.102. The first-order valence-electron chi connectivity index (χ1n) is 6.46. The van der Waals surface area contributed by atoms with Gasteiger partial charge in [-0.15, -0.1) is 5.10 Å². The van der Waals surface area contributed by atoms with E-state index >= 15 is 0 Å². The molecule has 0 fully saturated rings. The maximum atomic E-state index is 12.3. The van der Waals surface area contributed by atoms with E-state index in [1.807, 2.05) is 19.1 Å². The lowest BCUT2D eigenvalue weighted by Crippen LogP contribution is -2.12. The van der Waals surface area contributed by atoms with E-state index in [-0.39, 0.29) is 5.91 Å². The van der Waals surface area contributed by atoms with Crippen LogP contribution in [-0.4, -0.2) is 20.5 Å². The van der Waals surface area contributed by atoms with Crippen molar-refractivity contribution in [3.05, 3.63) is 28.8 Å². The minimum atomic E-state index is -0.208. The molecule has 3 aromatic rings. The van der Waals surface area contributed by atoms with Gasteiger partial charge in [0, 0.05) is 5.69 Å². The van der Waals surface area contributed by atoms with Gasteiger partial charge in [-0.05, 0) is 36.2 Å². The van der Waals surface area contributed by atoms with Crippen molar-refractivity contribution >= 4 is 49.8 Å². The second-order valence-corrected chi connectivity index (χ2v) is 6.28. The maximum Gasteiger partial charge on any atom is 0.271 e. The Labute approximate surface area is 129 Å². The van der Waals surface area contributed by atoms with Crippen LogP contribution in [0, 0.1) is 0 Å². The van der Waals surface area contributed by atoms with Gasteiger partial charge in [-0.3, -0.25) is 10.1 Å². The normalized spacial score (nSPS) is 10.9. The molecule has 0 unspecified atom stereocenters. The SMILES string of the molecule is CCCc1nnsc1C(=O)Nc1nc2ccc(N)cc2s1. The van der Waals surface area contributed by atoms with E-state index in [1.54, 1.807) is 6.07 Å². The van der Waals surface area contributed by atoms with Gasteiger partial charge in [0.2, 0.25) is 0 Å². The minimum Gasteiger partial charge on any atom is -0.399 e. The Bertz CT molecular complexity index is 795. The fraction of sp³-hybridized carbons (Fsp3) is 0.231. The lowest BCUT2D eigenvalue weighted by atomic mass is 10.2. The molecule has 8 heteroatoms. The Morgan fingerprint density at radius 1 is 1.43 bits per heavy atom. The third kappa shape index (κ3) is 2.86. The van der Waals surface area contributed by atoms with E-state index in [4.69, 9.17) is 5.73 Å². The number of benzene rings is 1. The van der Waals surface area contributed by atoms with Crippen LogP contribution < -0.4 is 11.1 Å². The molecule has 6 nitrogen and oxygen atoms in total. The number of nitrogen functional groups attached to an aromatic ring is 1. The van der Waals surface area contributed by atoms with Gasteiger partial charge >= 0.3 is 0 Å². The average Bonchev–Trinajstić information content (AvgIpc) is 3.04. The van der Waals surface area contributed by atoms with Crippen LogP contribution in [0.25, 0.3) is 10.2 Å². The highest BCUT2D eigenvalue weighted by Crippen LogP contribution is 2.28. The van der Waals surface area contributed by atoms with Crippen LogP contribution in [0.1, 0.15) is 28.7 Å². The number of aryl methyl sites for hydroxylation is 1. The van der Waals surface area contributed by atoms with Crippen molar-refractivity contribution in [1.82, 2.24) is 14.6 Å². The number of rotatable bonds is 4. The van der Waals surface area contributed by atoms with Crippen LogP contribution in [0.3, 0.4) is 0 Å². The third-order valence-corrected chi connectivity index (χ3v) is 4.58. The molecule has 0 aliphatic heterocycles. The summed E-state index contributed by atoms with van der Waals surface area (Å²) in [4.78, 5) is 17.2. The maximum absolute atomic E-state index is 12.3. The number of thiazole rings is 1. The zero-order valence-corrected chi connectivity index (χ0v) is 12.9. The molecule has 2 aromatic heterocycles. The molecule has 0 saturated carbocycles. The van der Waals surface area contributed by atoms with E-state index in [0.717, 1.165) is 40.3 Å².